The molecule has 1 heterocycles. The van der Waals surface area contributed by atoms with Crippen molar-refractivity contribution in [2.24, 2.45) is 0 Å². The highest BCUT2D eigenvalue weighted by molar-refractivity contribution is 5.90. The van der Waals surface area contributed by atoms with Gasteiger partial charge in [-0.3, -0.25) is 4.79 Å². The Morgan fingerprint density at radius 2 is 1.75 bits per heavy atom. The standard InChI is InChI=1S/C22H23N5O/c1-2-15-26(16-9-14-23)22(28)21-24-20(17-18-10-5-3-6-11-18)27(25-21)19-12-7-4-8-13-19/h3-8,10-13H,2,9,15-17H2,1H3. The first-order valence-corrected chi connectivity index (χ1v) is 9.44. The van der Waals surface area contributed by atoms with Crippen molar-refractivity contribution in [3.63, 3.8) is 0 Å². The van der Waals surface area contributed by atoms with Gasteiger partial charge in [0, 0.05) is 19.5 Å². The lowest BCUT2D eigenvalue weighted by atomic mass is 10.1. The number of nitriles is 1. The van der Waals surface area contributed by atoms with Crippen molar-refractivity contribution in [1.82, 2.24) is 19.7 Å². The minimum Gasteiger partial charge on any atom is -0.335 e. The number of carbonyl (C=O) groups is 1. The Hall–Kier alpha value is -3.46. The molecule has 28 heavy (non-hydrogen) atoms. The van der Waals surface area contributed by atoms with E-state index in [0.29, 0.717) is 31.8 Å². The Morgan fingerprint density at radius 3 is 2.39 bits per heavy atom. The van der Waals surface area contributed by atoms with Crippen LogP contribution in [0, 0.1) is 11.3 Å². The summed E-state index contributed by atoms with van der Waals surface area (Å²) in [6.07, 6.45) is 1.68. The molecule has 2 aromatic carbocycles. The maximum Gasteiger partial charge on any atom is 0.293 e. The topological polar surface area (TPSA) is 74.8 Å². The van der Waals surface area contributed by atoms with Gasteiger partial charge in [0.25, 0.3) is 5.91 Å². The third kappa shape index (κ3) is 4.63. The summed E-state index contributed by atoms with van der Waals surface area (Å²) in [6, 6.07) is 21.8. The van der Waals surface area contributed by atoms with Crippen LogP contribution in [-0.2, 0) is 6.42 Å². The smallest absolute Gasteiger partial charge is 0.293 e. The molecule has 3 aromatic rings. The van der Waals surface area contributed by atoms with Crippen molar-refractivity contribution in [2.45, 2.75) is 26.2 Å². The number of aromatic nitrogens is 3. The van der Waals surface area contributed by atoms with Crippen molar-refractivity contribution in [3.05, 3.63) is 77.9 Å². The number of para-hydroxylation sites is 1. The zero-order valence-corrected chi connectivity index (χ0v) is 16.0. The van der Waals surface area contributed by atoms with E-state index in [9.17, 15) is 4.79 Å². The van der Waals surface area contributed by atoms with Crippen LogP contribution in [0.25, 0.3) is 5.69 Å². The average Bonchev–Trinajstić information content (AvgIpc) is 3.15. The van der Waals surface area contributed by atoms with Gasteiger partial charge in [0.2, 0.25) is 5.82 Å². The van der Waals surface area contributed by atoms with Crippen LogP contribution >= 0.6 is 0 Å². The molecule has 142 valence electrons. The Balaban J connectivity index is 1.96. The number of rotatable bonds is 8. The van der Waals surface area contributed by atoms with Crippen LogP contribution in [0.4, 0.5) is 0 Å². The summed E-state index contributed by atoms with van der Waals surface area (Å²) >= 11 is 0. The van der Waals surface area contributed by atoms with Gasteiger partial charge in [-0.1, -0.05) is 55.5 Å². The van der Waals surface area contributed by atoms with E-state index in [-0.39, 0.29) is 11.7 Å². The molecule has 6 heteroatoms. The number of hydrogen-bond donors (Lipinski definition) is 0. The summed E-state index contributed by atoms with van der Waals surface area (Å²) in [5.41, 5.74) is 1.96. The molecular weight excluding hydrogens is 350 g/mol. The fourth-order valence-corrected chi connectivity index (χ4v) is 3.01. The summed E-state index contributed by atoms with van der Waals surface area (Å²) in [5, 5.41) is 13.4. The van der Waals surface area contributed by atoms with E-state index in [1.807, 2.05) is 67.6 Å². The van der Waals surface area contributed by atoms with Gasteiger partial charge in [-0.2, -0.15) is 5.26 Å². The molecule has 0 spiro atoms. The van der Waals surface area contributed by atoms with Crippen LogP contribution in [0.1, 0.15) is 41.8 Å². The second-order valence-corrected chi connectivity index (χ2v) is 6.46. The lowest BCUT2D eigenvalue weighted by molar-refractivity contribution is 0.0747. The first-order chi connectivity index (χ1) is 13.7. The van der Waals surface area contributed by atoms with Crippen molar-refractivity contribution >= 4 is 5.91 Å². The molecule has 0 N–H and O–H groups in total. The number of benzene rings is 2. The summed E-state index contributed by atoms with van der Waals surface area (Å²) in [7, 11) is 0. The molecule has 0 saturated carbocycles. The van der Waals surface area contributed by atoms with Crippen LogP contribution in [0.3, 0.4) is 0 Å². The van der Waals surface area contributed by atoms with Gasteiger partial charge in [-0.05, 0) is 24.1 Å². The first-order valence-electron chi connectivity index (χ1n) is 9.44. The molecule has 0 bridgehead atoms. The highest BCUT2D eigenvalue weighted by Crippen LogP contribution is 2.15. The van der Waals surface area contributed by atoms with E-state index < -0.39 is 0 Å². The van der Waals surface area contributed by atoms with Crippen LogP contribution in [-0.4, -0.2) is 38.7 Å². The Morgan fingerprint density at radius 1 is 1.07 bits per heavy atom. The number of carbonyl (C=O) groups excluding carboxylic acids is 1. The lowest BCUT2D eigenvalue weighted by Crippen LogP contribution is -2.33. The minimum absolute atomic E-state index is 0.168. The summed E-state index contributed by atoms with van der Waals surface area (Å²) in [5.74, 6) is 0.639. The highest BCUT2D eigenvalue weighted by atomic mass is 16.2. The third-order valence-corrected chi connectivity index (χ3v) is 4.35. The van der Waals surface area contributed by atoms with E-state index in [4.69, 9.17) is 5.26 Å². The van der Waals surface area contributed by atoms with E-state index in [2.05, 4.69) is 16.2 Å². The average molecular weight is 373 g/mol. The van der Waals surface area contributed by atoms with Crippen LogP contribution < -0.4 is 0 Å². The molecule has 0 saturated heterocycles. The van der Waals surface area contributed by atoms with Gasteiger partial charge in [-0.25, -0.2) is 9.67 Å². The second-order valence-electron chi connectivity index (χ2n) is 6.46. The largest absolute Gasteiger partial charge is 0.335 e. The van der Waals surface area contributed by atoms with Crippen LogP contribution in [0.15, 0.2) is 60.7 Å². The van der Waals surface area contributed by atoms with E-state index in [0.717, 1.165) is 17.7 Å². The first kappa shape index (κ1) is 19.3. The molecule has 3 rings (SSSR count). The van der Waals surface area contributed by atoms with Gasteiger partial charge in [0.1, 0.15) is 5.82 Å². The molecule has 0 radical (unpaired) electrons. The Labute approximate surface area is 165 Å². The van der Waals surface area contributed by atoms with E-state index >= 15 is 0 Å². The molecule has 0 aliphatic carbocycles. The van der Waals surface area contributed by atoms with Gasteiger partial charge in [-0.15, -0.1) is 5.10 Å². The van der Waals surface area contributed by atoms with Crippen molar-refractivity contribution in [1.29, 1.82) is 5.26 Å². The molecule has 6 nitrogen and oxygen atoms in total. The molecular formula is C22H23N5O. The summed E-state index contributed by atoms with van der Waals surface area (Å²) < 4.78 is 1.73. The van der Waals surface area contributed by atoms with Crippen molar-refractivity contribution in [3.8, 4) is 11.8 Å². The monoisotopic (exact) mass is 373 g/mol. The van der Waals surface area contributed by atoms with Gasteiger partial charge in [0.15, 0.2) is 0 Å². The summed E-state index contributed by atoms with van der Waals surface area (Å²) in [6.45, 7) is 2.97. The fraction of sp³-hybridized carbons (Fsp3) is 0.273. The normalized spacial score (nSPS) is 10.4. The van der Waals surface area contributed by atoms with Crippen molar-refractivity contribution in [2.75, 3.05) is 13.1 Å². The predicted molar refractivity (Wildman–Crippen MR) is 107 cm³/mol. The van der Waals surface area contributed by atoms with E-state index in [1.165, 1.54) is 0 Å². The zero-order valence-electron chi connectivity index (χ0n) is 16.0. The maximum absolute atomic E-state index is 13.0. The predicted octanol–water partition coefficient (Wildman–Crippen LogP) is 3.62. The highest BCUT2D eigenvalue weighted by Gasteiger charge is 2.22. The van der Waals surface area contributed by atoms with Crippen molar-refractivity contribution < 1.29 is 4.79 Å². The van der Waals surface area contributed by atoms with Crippen LogP contribution in [0.2, 0.25) is 0 Å². The Bertz CT molecular complexity index is 944. The number of amides is 1. The number of hydrogen-bond acceptors (Lipinski definition) is 4. The Kier molecular flexibility index (Phi) is 6.53. The molecule has 0 atom stereocenters. The molecule has 1 aromatic heterocycles. The zero-order chi connectivity index (χ0) is 19.8. The number of nitrogens with zero attached hydrogens (tertiary/aromatic N) is 5. The maximum atomic E-state index is 13.0. The van der Waals surface area contributed by atoms with Gasteiger partial charge < -0.3 is 4.90 Å². The van der Waals surface area contributed by atoms with Gasteiger partial charge in [0.05, 0.1) is 18.2 Å². The molecule has 0 aliphatic heterocycles. The molecule has 1 amide bonds. The molecule has 0 unspecified atom stereocenters. The lowest BCUT2D eigenvalue weighted by Gasteiger charge is -2.18. The molecule has 0 fully saturated rings. The van der Waals surface area contributed by atoms with Gasteiger partial charge >= 0.3 is 0 Å². The third-order valence-electron chi connectivity index (χ3n) is 4.35. The molecule has 0 aliphatic rings. The van der Waals surface area contributed by atoms with Crippen LogP contribution in [0.5, 0.6) is 0 Å². The summed E-state index contributed by atoms with van der Waals surface area (Å²) in [4.78, 5) is 19.2. The minimum atomic E-state index is -0.235. The second kappa shape index (κ2) is 9.47. The SMILES string of the molecule is CCCN(CCC#N)C(=O)c1nc(Cc2ccccc2)n(-c2ccccc2)n1. The van der Waals surface area contributed by atoms with E-state index in [1.54, 1.807) is 9.58 Å². The quantitative estimate of drug-likeness (QED) is 0.604. The fourth-order valence-electron chi connectivity index (χ4n) is 3.01.